The summed E-state index contributed by atoms with van der Waals surface area (Å²) in [4.78, 5) is 45.5. The molecule has 0 spiro atoms. The Morgan fingerprint density at radius 1 is 1.05 bits per heavy atom. The van der Waals surface area contributed by atoms with Gasteiger partial charge in [-0.3, -0.25) is 19.0 Å². The van der Waals surface area contributed by atoms with Crippen molar-refractivity contribution >= 4 is 39.1 Å². The minimum absolute atomic E-state index is 0.167. The van der Waals surface area contributed by atoms with Crippen LogP contribution in [0.5, 0.6) is 0 Å². The van der Waals surface area contributed by atoms with Crippen LogP contribution in [0.15, 0.2) is 88.3 Å². The van der Waals surface area contributed by atoms with Crippen molar-refractivity contribution in [3.63, 3.8) is 0 Å². The SMILES string of the molecule is [C-]#[N+]c1cc(C(=O)N2Cc3c(c(=O)n(-c4ccc(C(=O)NC)cc4)c4c(CCc5ccccc5)cnn34)C[C@@H]2C)ccc1Br. The summed E-state index contributed by atoms with van der Waals surface area (Å²) in [5, 5.41) is 7.40. The van der Waals surface area contributed by atoms with Gasteiger partial charge in [0, 0.05) is 39.8 Å². The molecule has 1 atom stereocenters. The summed E-state index contributed by atoms with van der Waals surface area (Å²) in [6.07, 6.45) is 3.56. The van der Waals surface area contributed by atoms with E-state index in [9.17, 15) is 14.4 Å². The molecule has 6 rings (SSSR count). The highest BCUT2D eigenvalue weighted by Gasteiger charge is 2.33. The summed E-state index contributed by atoms with van der Waals surface area (Å²) in [6, 6.07) is 21.8. The van der Waals surface area contributed by atoms with Crippen molar-refractivity contribution in [2.45, 2.75) is 38.8 Å². The van der Waals surface area contributed by atoms with Crippen LogP contribution < -0.4 is 10.9 Å². The zero-order chi connectivity index (χ0) is 31.0. The third kappa shape index (κ3) is 5.20. The van der Waals surface area contributed by atoms with Gasteiger partial charge in [-0.1, -0.05) is 58.4 Å². The van der Waals surface area contributed by atoms with Gasteiger partial charge in [-0.2, -0.15) is 5.10 Å². The third-order valence-electron chi connectivity index (χ3n) is 8.16. The van der Waals surface area contributed by atoms with Gasteiger partial charge in [0.25, 0.3) is 17.4 Å². The first-order chi connectivity index (χ1) is 21.3. The van der Waals surface area contributed by atoms with E-state index in [-0.39, 0.29) is 30.0 Å². The summed E-state index contributed by atoms with van der Waals surface area (Å²) in [6.45, 7) is 9.57. The van der Waals surface area contributed by atoms with Gasteiger partial charge < -0.3 is 10.2 Å². The van der Waals surface area contributed by atoms with Crippen LogP contribution in [0.3, 0.4) is 0 Å². The van der Waals surface area contributed by atoms with Crippen molar-refractivity contribution in [2.24, 2.45) is 0 Å². The zero-order valence-electron chi connectivity index (χ0n) is 24.3. The van der Waals surface area contributed by atoms with E-state index in [4.69, 9.17) is 11.7 Å². The quantitative estimate of drug-likeness (QED) is 0.245. The van der Waals surface area contributed by atoms with Gasteiger partial charge >= 0.3 is 0 Å². The lowest BCUT2D eigenvalue weighted by molar-refractivity contribution is 0.0651. The predicted octanol–water partition coefficient (Wildman–Crippen LogP) is 5.53. The molecule has 2 amide bonds. The lowest BCUT2D eigenvalue weighted by Gasteiger charge is -2.35. The monoisotopic (exact) mass is 648 g/mol. The first-order valence-electron chi connectivity index (χ1n) is 14.3. The number of nitrogens with zero attached hydrogens (tertiary/aromatic N) is 5. The van der Waals surface area contributed by atoms with E-state index in [1.165, 1.54) is 5.56 Å². The molecule has 0 fully saturated rings. The minimum Gasteiger partial charge on any atom is -0.355 e. The standard InChI is InChI=1S/C34H29BrN6O3/c1-21-17-27-30(20-39(21)33(43)24-13-16-28(35)29(18-24)36-2)41-32(25(19-38-41)10-9-22-7-5-4-6-8-22)40(34(27)44)26-14-11-23(12-15-26)31(42)37-3/h4-8,11-16,18-19,21H,9-10,17,20H2,1,3H3,(H,37,42)/t21-/m0/s1. The average Bonchev–Trinajstić information content (AvgIpc) is 3.47. The Bertz CT molecular complexity index is 2010. The van der Waals surface area contributed by atoms with Gasteiger partial charge in [0.05, 0.1) is 30.7 Å². The molecule has 44 heavy (non-hydrogen) atoms. The van der Waals surface area contributed by atoms with Crippen LogP contribution >= 0.6 is 15.9 Å². The minimum atomic E-state index is -0.266. The van der Waals surface area contributed by atoms with Gasteiger partial charge in [-0.15, -0.1) is 0 Å². The molecule has 5 aromatic rings. The Balaban J connectivity index is 1.47. The van der Waals surface area contributed by atoms with Crippen LogP contribution in [-0.4, -0.2) is 44.0 Å². The molecule has 0 bridgehead atoms. The molecule has 0 saturated heterocycles. The van der Waals surface area contributed by atoms with Gasteiger partial charge in [-0.05, 0) is 62.1 Å². The van der Waals surface area contributed by atoms with Gasteiger partial charge in [0.15, 0.2) is 0 Å². The number of hydrogen-bond donors (Lipinski definition) is 1. The average molecular weight is 650 g/mol. The van der Waals surface area contributed by atoms with E-state index in [1.807, 2.05) is 25.1 Å². The third-order valence-corrected chi connectivity index (χ3v) is 8.83. The molecule has 0 radical (unpaired) electrons. The van der Waals surface area contributed by atoms with Crippen LogP contribution in [0.1, 0.15) is 50.0 Å². The number of fused-ring (bicyclic) bond motifs is 3. The van der Waals surface area contributed by atoms with Crippen LogP contribution in [-0.2, 0) is 25.8 Å². The Kier molecular flexibility index (Phi) is 7.89. The molecule has 1 aliphatic heterocycles. The zero-order valence-corrected chi connectivity index (χ0v) is 25.8. The Morgan fingerprint density at radius 2 is 1.77 bits per heavy atom. The fourth-order valence-electron chi connectivity index (χ4n) is 5.80. The maximum Gasteiger partial charge on any atom is 0.261 e. The van der Waals surface area contributed by atoms with Crippen molar-refractivity contribution in [3.8, 4) is 5.69 Å². The fourth-order valence-corrected chi connectivity index (χ4v) is 6.13. The van der Waals surface area contributed by atoms with Crippen molar-refractivity contribution in [1.82, 2.24) is 24.4 Å². The number of carbonyl (C=O) groups excluding carboxylic acids is 2. The molecular formula is C34H29BrN6O3. The molecule has 0 aliphatic carbocycles. The topological polar surface area (TPSA) is 93.1 Å². The molecule has 1 aliphatic rings. The van der Waals surface area contributed by atoms with Crippen LogP contribution in [0.25, 0.3) is 16.2 Å². The van der Waals surface area contributed by atoms with Crippen molar-refractivity contribution < 1.29 is 9.59 Å². The number of aryl methyl sites for hydroxylation is 2. The normalized spacial score (nSPS) is 14.2. The molecule has 0 saturated carbocycles. The predicted molar refractivity (Wildman–Crippen MR) is 171 cm³/mol. The fraction of sp³-hybridized carbons (Fsp3) is 0.206. The van der Waals surface area contributed by atoms with Crippen molar-refractivity contribution in [1.29, 1.82) is 0 Å². The second kappa shape index (κ2) is 11.9. The lowest BCUT2D eigenvalue weighted by atomic mass is 9.98. The van der Waals surface area contributed by atoms with Crippen LogP contribution in [0.4, 0.5) is 5.69 Å². The first kappa shape index (κ1) is 29.1. The lowest BCUT2D eigenvalue weighted by Crippen LogP contribution is -2.46. The highest BCUT2D eigenvalue weighted by molar-refractivity contribution is 9.10. The summed E-state index contributed by atoms with van der Waals surface area (Å²) in [5.41, 5.74) is 5.71. The van der Waals surface area contributed by atoms with Gasteiger partial charge in [0.1, 0.15) is 5.65 Å². The van der Waals surface area contributed by atoms with Crippen molar-refractivity contribution in [2.75, 3.05) is 7.05 Å². The number of hydrogen-bond acceptors (Lipinski definition) is 4. The number of amides is 2. The molecule has 1 N–H and O–H groups in total. The number of nitrogens with one attached hydrogen (secondary N) is 1. The first-order valence-corrected chi connectivity index (χ1v) is 15.1. The summed E-state index contributed by atoms with van der Waals surface area (Å²) in [7, 11) is 1.58. The molecule has 0 unspecified atom stereocenters. The van der Waals surface area contributed by atoms with E-state index < -0.39 is 0 Å². The Labute approximate surface area is 262 Å². The molecule has 9 nitrogen and oxygen atoms in total. The second-order valence-corrected chi connectivity index (χ2v) is 11.7. The Hall–Kier alpha value is -5.01. The smallest absolute Gasteiger partial charge is 0.261 e. The second-order valence-electron chi connectivity index (χ2n) is 10.8. The number of carbonyl (C=O) groups is 2. The van der Waals surface area contributed by atoms with E-state index in [0.717, 1.165) is 12.0 Å². The molecular weight excluding hydrogens is 620 g/mol. The highest BCUT2D eigenvalue weighted by Crippen LogP contribution is 2.30. The number of halogens is 1. The summed E-state index contributed by atoms with van der Waals surface area (Å²) in [5.74, 6) is -0.417. The van der Waals surface area contributed by atoms with E-state index in [0.29, 0.717) is 56.7 Å². The van der Waals surface area contributed by atoms with E-state index in [2.05, 4.69) is 38.2 Å². The Morgan fingerprint density at radius 3 is 2.48 bits per heavy atom. The number of aromatic nitrogens is 3. The molecule has 3 heterocycles. The summed E-state index contributed by atoms with van der Waals surface area (Å²) >= 11 is 3.37. The molecule has 10 heteroatoms. The van der Waals surface area contributed by atoms with Crippen molar-refractivity contribution in [3.05, 3.63) is 139 Å². The molecule has 3 aromatic carbocycles. The van der Waals surface area contributed by atoms with E-state index >= 15 is 0 Å². The van der Waals surface area contributed by atoms with Gasteiger partial charge in [-0.25, -0.2) is 9.36 Å². The van der Waals surface area contributed by atoms with Crippen LogP contribution in [0.2, 0.25) is 0 Å². The highest BCUT2D eigenvalue weighted by atomic mass is 79.9. The maximum atomic E-state index is 14.3. The molecule has 2 aromatic heterocycles. The van der Waals surface area contributed by atoms with Crippen LogP contribution in [0, 0.1) is 6.57 Å². The summed E-state index contributed by atoms with van der Waals surface area (Å²) < 4.78 is 4.11. The van der Waals surface area contributed by atoms with E-state index in [1.54, 1.807) is 69.7 Å². The number of benzene rings is 3. The maximum absolute atomic E-state index is 14.3. The number of rotatable bonds is 6. The largest absolute Gasteiger partial charge is 0.355 e. The van der Waals surface area contributed by atoms with Gasteiger partial charge in [0.2, 0.25) is 5.69 Å². The molecule has 220 valence electrons.